The van der Waals surface area contributed by atoms with Crippen LogP contribution < -0.4 is 5.32 Å². The Morgan fingerprint density at radius 2 is 2.16 bits per heavy atom. The van der Waals surface area contributed by atoms with Crippen molar-refractivity contribution in [3.8, 4) is 0 Å². The number of amides is 1. The lowest BCUT2D eigenvalue weighted by Gasteiger charge is -2.28. The highest BCUT2D eigenvalue weighted by atomic mass is 16.1. The molecule has 2 fully saturated rings. The van der Waals surface area contributed by atoms with Gasteiger partial charge in [-0.25, -0.2) is 4.98 Å². The Morgan fingerprint density at radius 1 is 1.32 bits per heavy atom. The van der Waals surface area contributed by atoms with Crippen LogP contribution in [0.25, 0.3) is 11.0 Å². The molecule has 4 heteroatoms. The van der Waals surface area contributed by atoms with Crippen molar-refractivity contribution in [2.45, 2.75) is 65.3 Å². The van der Waals surface area contributed by atoms with Gasteiger partial charge in [0.05, 0.1) is 11.0 Å². The lowest BCUT2D eigenvalue weighted by Crippen LogP contribution is -2.40. The minimum absolute atomic E-state index is 0.156. The molecule has 2 aromatic rings. The van der Waals surface area contributed by atoms with Gasteiger partial charge in [0.2, 0.25) is 5.91 Å². The molecule has 4 rings (SSSR count). The fraction of sp³-hybridized carbons (Fsp3) is 0.619. The van der Waals surface area contributed by atoms with Gasteiger partial charge in [0, 0.05) is 18.9 Å². The molecule has 25 heavy (non-hydrogen) atoms. The maximum Gasteiger partial charge on any atom is 0.220 e. The van der Waals surface area contributed by atoms with Crippen molar-refractivity contribution < 1.29 is 4.79 Å². The predicted octanol–water partition coefficient (Wildman–Crippen LogP) is 4.05. The monoisotopic (exact) mass is 339 g/mol. The van der Waals surface area contributed by atoms with Gasteiger partial charge in [0.15, 0.2) is 0 Å². The zero-order valence-electron chi connectivity index (χ0n) is 15.6. The first-order chi connectivity index (χ1) is 12.0. The first kappa shape index (κ1) is 16.6. The van der Waals surface area contributed by atoms with E-state index >= 15 is 0 Å². The lowest BCUT2D eigenvalue weighted by atomic mass is 9.84. The van der Waals surface area contributed by atoms with Gasteiger partial charge >= 0.3 is 0 Å². The van der Waals surface area contributed by atoms with E-state index in [1.54, 1.807) is 0 Å². The summed E-state index contributed by atoms with van der Waals surface area (Å²) < 4.78 is 0. The maximum atomic E-state index is 12.4. The molecule has 0 spiro atoms. The Hall–Kier alpha value is -1.84. The van der Waals surface area contributed by atoms with Crippen molar-refractivity contribution in [1.82, 2.24) is 15.3 Å². The summed E-state index contributed by atoms with van der Waals surface area (Å²) in [5.41, 5.74) is 4.52. The smallest absolute Gasteiger partial charge is 0.220 e. The number of aryl methyl sites for hydroxylation is 3. The van der Waals surface area contributed by atoms with Crippen LogP contribution in [0.1, 0.15) is 56.0 Å². The number of H-pyrrole nitrogens is 1. The molecule has 0 saturated heterocycles. The standard InChI is InChI=1S/C21H29N3O/c1-12-8-13(2)21-18(9-12)23-19(24-21)6-7-20(25)22-14(3)17-11-15-4-5-16(17)10-15/h8-9,14-17H,4-7,10-11H2,1-3H3,(H,22,25)(H,23,24). The first-order valence-electron chi connectivity index (χ1n) is 9.75. The fourth-order valence-electron chi connectivity index (χ4n) is 5.21. The number of nitrogens with one attached hydrogen (secondary N) is 2. The minimum atomic E-state index is 0.156. The van der Waals surface area contributed by atoms with Gasteiger partial charge in [-0.15, -0.1) is 0 Å². The van der Waals surface area contributed by atoms with E-state index in [4.69, 9.17) is 0 Å². The van der Waals surface area contributed by atoms with Crippen molar-refractivity contribution in [3.63, 3.8) is 0 Å². The predicted molar refractivity (Wildman–Crippen MR) is 100 cm³/mol. The van der Waals surface area contributed by atoms with Gasteiger partial charge in [-0.05, 0) is 75.0 Å². The van der Waals surface area contributed by atoms with Crippen LogP contribution in [0.3, 0.4) is 0 Å². The molecule has 1 aromatic carbocycles. The van der Waals surface area contributed by atoms with Crippen LogP contribution in [0.4, 0.5) is 0 Å². The van der Waals surface area contributed by atoms with Crippen LogP contribution in [0.2, 0.25) is 0 Å². The number of hydrogen-bond donors (Lipinski definition) is 2. The number of aromatic nitrogens is 2. The summed E-state index contributed by atoms with van der Waals surface area (Å²) >= 11 is 0. The molecule has 134 valence electrons. The van der Waals surface area contributed by atoms with Crippen molar-refractivity contribution in [3.05, 3.63) is 29.1 Å². The van der Waals surface area contributed by atoms with Crippen LogP contribution >= 0.6 is 0 Å². The second-order valence-corrected chi connectivity index (χ2v) is 8.36. The van der Waals surface area contributed by atoms with Crippen molar-refractivity contribution in [2.75, 3.05) is 0 Å². The number of rotatable bonds is 5. The molecular weight excluding hydrogens is 310 g/mol. The Morgan fingerprint density at radius 3 is 2.88 bits per heavy atom. The van der Waals surface area contributed by atoms with Gasteiger partial charge in [-0.3, -0.25) is 4.79 Å². The van der Waals surface area contributed by atoms with Crippen molar-refractivity contribution in [2.24, 2.45) is 17.8 Å². The van der Waals surface area contributed by atoms with Crippen molar-refractivity contribution in [1.29, 1.82) is 0 Å². The third kappa shape index (κ3) is 3.31. The average molecular weight is 339 g/mol. The summed E-state index contributed by atoms with van der Waals surface area (Å²) in [6, 6.07) is 4.58. The molecular formula is C21H29N3O. The normalized spacial score (nSPS) is 26.3. The Bertz CT molecular complexity index is 794. The van der Waals surface area contributed by atoms with Crippen LogP contribution in [-0.2, 0) is 11.2 Å². The average Bonchev–Trinajstić information content (AvgIpc) is 3.27. The summed E-state index contributed by atoms with van der Waals surface area (Å²) in [6.45, 7) is 6.37. The number of benzene rings is 1. The lowest BCUT2D eigenvalue weighted by molar-refractivity contribution is -0.122. The number of carbonyl (C=O) groups is 1. The highest BCUT2D eigenvalue weighted by Gasteiger charge is 2.42. The number of nitrogens with zero attached hydrogens (tertiary/aromatic N) is 1. The third-order valence-electron chi connectivity index (χ3n) is 6.38. The Kier molecular flexibility index (Phi) is 4.30. The second kappa shape index (κ2) is 6.47. The summed E-state index contributed by atoms with van der Waals surface area (Å²) in [6.07, 6.45) is 6.66. The van der Waals surface area contributed by atoms with E-state index in [1.807, 2.05) is 0 Å². The fourth-order valence-corrected chi connectivity index (χ4v) is 5.21. The molecule has 4 atom stereocenters. The number of imidazole rings is 1. The molecule has 4 nitrogen and oxygen atoms in total. The van der Waals surface area contributed by atoms with E-state index in [9.17, 15) is 4.79 Å². The largest absolute Gasteiger partial charge is 0.353 e. The van der Waals surface area contributed by atoms with E-state index < -0.39 is 0 Å². The van der Waals surface area contributed by atoms with Gasteiger partial charge in [-0.1, -0.05) is 12.5 Å². The molecule has 0 aliphatic heterocycles. The van der Waals surface area contributed by atoms with Crippen LogP contribution in [0.5, 0.6) is 0 Å². The van der Waals surface area contributed by atoms with E-state index in [-0.39, 0.29) is 5.91 Å². The summed E-state index contributed by atoms with van der Waals surface area (Å²) in [4.78, 5) is 20.4. The summed E-state index contributed by atoms with van der Waals surface area (Å²) in [7, 11) is 0. The van der Waals surface area contributed by atoms with Gasteiger partial charge in [0.25, 0.3) is 0 Å². The third-order valence-corrected chi connectivity index (χ3v) is 6.38. The topological polar surface area (TPSA) is 57.8 Å². The highest BCUT2D eigenvalue weighted by molar-refractivity contribution is 5.80. The second-order valence-electron chi connectivity index (χ2n) is 8.36. The maximum absolute atomic E-state index is 12.4. The zero-order valence-corrected chi connectivity index (χ0v) is 15.6. The molecule has 2 saturated carbocycles. The van der Waals surface area contributed by atoms with Crippen LogP contribution in [0.15, 0.2) is 12.1 Å². The molecule has 2 aliphatic rings. The molecule has 1 aromatic heterocycles. The SMILES string of the molecule is Cc1cc(C)c2nc(CCC(=O)NC(C)C3CC4CCC3C4)[nH]c2c1. The first-order valence-corrected chi connectivity index (χ1v) is 9.75. The van der Waals surface area contributed by atoms with Gasteiger partial charge in [0.1, 0.15) is 5.82 Å². The molecule has 4 unspecified atom stereocenters. The highest BCUT2D eigenvalue weighted by Crippen LogP contribution is 2.49. The molecule has 2 N–H and O–H groups in total. The number of hydrogen-bond acceptors (Lipinski definition) is 2. The Labute approximate surface area is 149 Å². The van der Waals surface area contributed by atoms with E-state index in [0.29, 0.717) is 24.8 Å². The summed E-state index contributed by atoms with van der Waals surface area (Å²) in [5.74, 6) is 3.54. The van der Waals surface area contributed by atoms with Crippen LogP contribution in [0, 0.1) is 31.6 Å². The van der Waals surface area contributed by atoms with Crippen molar-refractivity contribution >= 4 is 16.9 Å². The molecule has 2 bridgehead atoms. The van der Waals surface area contributed by atoms with E-state index in [2.05, 4.69) is 48.2 Å². The van der Waals surface area contributed by atoms with E-state index in [0.717, 1.165) is 28.7 Å². The van der Waals surface area contributed by atoms with Crippen LogP contribution in [-0.4, -0.2) is 21.9 Å². The number of fused-ring (bicyclic) bond motifs is 3. The quantitative estimate of drug-likeness (QED) is 0.863. The van der Waals surface area contributed by atoms with Gasteiger partial charge < -0.3 is 10.3 Å². The number of aromatic amines is 1. The zero-order chi connectivity index (χ0) is 17.6. The molecule has 2 aliphatic carbocycles. The van der Waals surface area contributed by atoms with E-state index in [1.165, 1.54) is 36.8 Å². The molecule has 1 heterocycles. The number of carbonyl (C=O) groups excluding carboxylic acids is 1. The Balaban J connectivity index is 1.33. The molecule has 0 radical (unpaired) electrons. The molecule has 1 amide bonds. The minimum Gasteiger partial charge on any atom is -0.353 e. The summed E-state index contributed by atoms with van der Waals surface area (Å²) in [5, 5.41) is 3.25. The van der Waals surface area contributed by atoms with Gasteiger partial charge in [-0.2, -0.15) is 0 Å².